The molecule has 2 rings (SSSR count). The van der Waals surface area contributed by atoms with Crippen LogP contribution in [0.15, 0.2) is 23.7 Å². The minimum atomic E-state index is 0.892. The molecule has 1 heterocycles. The predicted octanol–water partition coefficient (Wildman–Crippen LogP) is 3.12. The average Bonchev–Trinajstić information content (AvgIpc) is 2.75. The molecule has 0 bridgehead atoms. The second kappa shape index (κ2) is 6.17. The van der Waals surface area contributed by atoms with Crippen LogP contribution in [0.2, 0.25) is 0 Å². The third-order valence-electron chi connectivity index (χ3n) is 3.24. The highest BCUT2D eigenvalue weighted by molar-refractivity contribution is 7.09. The Labute approximate surface area is 119 Å². The van der Waals surface area contributed by atoms with Crippen LogP contribution in [0.3, 0.4) is 0 Å². The molecule has 19 heavy (non-hydrogen) atoms. The Morgan fingerprint density at radius 3 is 2.74 bits per heavy atom. The van der Waals surface area contributed by atoms with Crippen molar-refractivity contribution in [1.82, 2.24) is 10.3 Å². The first kappa shape index (κ1) is 14.0. The van der Waals surface area contributed by atoms with Crippen LogP contribution >= 0.6 is 11.3 Å². The molecular formula is C15H21N3S. The number of hydrogen-bond donors (Lipinski definition) is 1. The average molecular weight is 275 g/mol. The van der Waals surface area contributed by atoms with Crippen molar-refractivity contribution in [2.45, 2.75) is 26.9 Å². The SMILES string of the molecule is CNCc1cc(C)ccc1N(C)Cc1scnc1C. The largest absolute Gasteiger partial charge is 0.369 e. The van der Waals surface area contributed by atoms with Gasteiger partial charge in [0.2, 0.25) is 0 Å². The highest BCUT2D eigenvalue weighted by Gasteiger charge is 2.10. The normalized spacial score (nSPS) is 10.7. The van der Waals surface area contributed by atoms with E-state index in [2.05, 4.69) is 54.3 Å². The third-order valence-corrected chi connectivity index (χ3v) is 4.16. The van der Waals surface area contributed by atoms with Crippen LogP contribution in [0.5, 0.6) is 0 Å². The first-order valence-corrected chi connectivity index (χ1v) is 7.34. The van der Waals surface area contributed by atoms with E-state index in [9.17, 15) is 0 Å². The maximum Gasteiger partial charge on any atom is 0.0798 e. The summed E-state index contributed by atoms with van der Waals surface area (Å²) in [5, 5.41) is 3.24. The highest BCUT2D eigenvalue weighted by Crippen LogP contribution is 2.24. The van der Waals surface area contributed by atoms with Crippen molar-refractivity contribution >= 4 is 17.0 Å². The minimum Gasteiger partial charge on any atom is -0.369 e. The number of aryl methyl sites for hydroxylation is 2. The molecule has 0 radical (unpaired) electrons. The van der Waals surface area contributed by atoms with Crippen LogP contribution in [0.25, 0.3) is 0 Å². The summed E-state index contributed by atoms with van der Waals surface area (Å²) in [5.74, 6) is 0. The quantitative estimate of drug-likeness (QED) is 0.909. The highest BCUT2D eigenvalue weighted by atomic mass is 32.1. The number of benzene rings is 1. The van der Waals surface area contributed by atoms with Gasteiger partial charge in [0, 0.05) is 24.2 Å². The molecule has 1 aromatic heterocycles. The summed E-state index contributed by atoms with van der Waals surface area (Å²) >= 11 is 1.73. The minimum absolute atomic E-state index is 0.892. The summed E-state index contributed by atoms with van der Waals surface area (Å²) in [7, 11) is 4.13. The summed E-state index contributed by atoms with van der Waals surface area (Å²) in [5.41, 5.74) is 6.98. The molecule has 1 aromatic carbocycles. The Kier molecular flexibility index (Phi) is 4.56. The molecule has 0 saturated carbocycles. The van der Waals surface area contributed by atoms with Crippen molar-refractivity contribution in [3.05, 3.63) is 45.4 Å². The fourth-order valence-electron chi connectivity index (χ4n) is 2.20. The molecular weight excluding hydrogens is 254 g/mol. The van der Waals surface area contributed by atoms with E-state index in [1.165, 1.54) is 21.7 Å². The molecule has 3 nitrogen and oxygen atoms in total. The van der Waals surface area contributed by atoms with Crippen molar-refractivity contribution in [2.75, 3.05) is 19.0 Å². The first-order valence-electron chi connectivity index (χ1n) is 6.46. The van der Waals surface area contributed by atoms with Gasteiger partial charge in [-0.3, -0.25) is 0 Å². The Balaban J connectivity index is 2.23. The zero-order chi connectivity index (χ0) is 13.8. The molecule has 4 heteroatoms. The number of thiazole rings is 1. The van der Waals surface area contributed by atoms with Crippen molar-refractivity contribution in [3.8, 4) is 0 Å². The molecule has 1 N–H and O–H groups in total. The molecule has 0 unspecified atom stereocenters. The van der Waals surface area contributed by atoms with Gasteiger partial charge in [-0.1, -0.05) is 17.7 Å². The summed E-state index contributed by atoms with van der Waals surface area (Å²) in [6.45, 7) is 6.01. The van der Waals surface area contributed by atoms with Crippen LogP contribution in [0.1, 0.15) is 21.7 Å². The van der Waals surface area contributed by atoms with Crippen molar-refractivity contribution in [3.63, 3.8) is 0 Å². The van der Waals surface area contributed by atoms with Gasteiger partial charge in [0.15, 0.2) is 0 Å². The number of hydrogen-bond acceptors (Lipinski definition) is 4. The number of nitrogens with zero attached hydrogens (tertiary/aromatic N) is 2. The van der Waals surface area contributed by atoms with E-state index < -0.39 is 0 Å². The van der Waals surface area contributed by atoms with E-state index in [0.717, 1.165) is 18.8 Å². The summed E-state index contributed by atoms with van der Waals surface area (Å²) < 4.78 is 0. The van der Waals surface area contributed by atoms with Crippen LogP contribution in [-0.4, -0.2) is 19.1 Å². The Hall–Kier alpha value is -1.39. The lowest BCUT2D eigenvalue weighted by Crippen LogP contribution is -2.19. The van der Waals surface area contributed by atoms with Gasteiger partial charge in [-0.15, -0.1) is 11.3 Å². The van der Waals surface area contributed by atoms with Crippen molar-refractivity contribution in [1.29, 1.82) is 0 Å². The van der Waals surface area contributed by atoms with E-state index >= 15 is 0 Å². The van der Waals surface area contributed by atoms with E-state index in [0.29, 0.717) is 0 Å². The molecule has 2 aromatic rings. The lowest BCUT2D eigenvalue weighted by Gasteiger charge is -2.22. The lowest BCUT2D eigenvalue weighted by molar-refractivity contribution is 0.805. The van der Waals surface area contributed by atoms with Gasteiger partial charge in [0.05, 0.1) is 17.7 Å². The van der Waals surface area contributed by atoms with Crippen molar-refractivity contribution < 1.29 is 0 Å². The summed E-state index contributed by atoms with van der Waals surface area (Å²) in [6, 6.07) is 6.63. The van der Waals surface area contributed by atoms with Gasteiger partial charge in [-0.05, 0) is 32.5 Å². The molecule has 0 aliphatic carbocycles. The number of anilines is 1. The Morgan fingerprint density at radius 2 is 2.11 bits per heavy atom. The van der Waals surface area contributed by atoms with E-state index in [1.807, 2.05) is 12.6 Å². The van der Waals surface area contributed by atoms with Crippen LogP contribution in [0.4, 0.5) is 5.69 Å². The molecule has 0 saturated heterocycles. The van der Waals surface area contributed by atoms with Crippen LogP contribution < -0.4 is 10.2 Å². The van der Waals surface area contributed by atoms with Gasteiger partial charge in [0.25, 0.3) is 0 Å². The monoisotopic (exact) mass is 275 g/mol. The maximum atomic E-state index is 4.32. The smallest absolute Gasteiger partial charge is 0.0798 e. The number of aromatic nitrogens is 1. The maximum absolute atomic E-state index is 4.32. The van der Waals surface area contributed by atoms with E-state index in [1.54, 1.807) is 11.3 Å². The van der Waals surface area contributed by atoms with Crippen LogP contribution in [0, 0.1) is 13.8 Å². The van der Waals surface area contributed by atoms with E-state index in [-0.39, 0.29) is 0 Å². The topological polar surface area (TPSA) is 28.2 Å². The fourth-order valence-corrected chi connectivity index (χ4v) is 3.03. The molecule has 0 aliphatic heterocycles. The van der Waals surface area contributed by atoms with Gasteiger partial charge in [-0.2, -0.15) is 0 Å². The molecule has 0 aliphatic rings. The van der Waals surface area contributed by atoms with Gasteiger partial charge >= 0.3 is 0 Å². The van der Waals surface area contributed by atoms with Gasteiger partial charge in [0.1, 0.15) is 0 Å². The predicted molar refractivity (Wildman–Crippen MR) is 82.9 cm³/mol. The summed E-state index contributed by atoms with van der Waals surface area (Å²) in [4.78, 5) is 7.95. The second-order valence-corrected chi connectivity index (χ2v) is 5.82. The van der Waals surface area contributed by atoms with E-state index in [4.69, 9.17) is 0 Å². The standard InChI is InChI=1S/C15H21N3S/c1-11-5-6-14(13(7-11)8-16-3)18(4)9-15-12(2)17-10-19-15/h5-7,10,16H,8-9H2,1-4H3. The second-order valence-electron chi connectivity index (χ2n) is 4.88. The van der Waals surface area contributed by atoms with Gasteiger partial charge in [-0.25, -0.2) is 4.98 Å². The zero-order valence-electron chi connectivity index (χ0n) is 12.0. The number of rotatable bonds is 5. The lowest BCUT2D eigenvalue weighted by atomic mass is 10.1. The molecule has 102 valence electrons. The van der Waals surface area contributed by atoms with Crippen LogP contribution in [-0.2, 0) is 13.1 Å². The molecule has 0 fully saturated rings. The Bertz CT molecular complexity index is 548. The fraction of sp³-hybridized carbons (Fsp3) is 0.400. The Morgan fingerprint density at radius 1 is 1.32 bits per heavy atom. The van der Waals surface area contributed by atoms with Crippen molar-refractivity contribution in [2.24, 2.45) is 0 Å². The molecule has 0 atom stereocenters. The molecule has 0 amide bonds. The number of nitrogens with one attached hydrogen (secondary N) is 1. The summed E-state index contributed by atoms with van der Waals surface area (Å²) in [6.07, 6.45) is 0. The zero-order valence-corrected chi connectivity index (χ0v) is 12.8. The third kappa shape index (κ3) is 3.33. The van der Waals surface area contributed by atoms with Gasteiger partial charge < -0.3 is 10.2 Å². The molecule has 0 spiro atoms. The first-order chi connectivity index (χ1) is 9.11.